The number of anilines is 1. The van der Waals surface area contributed by atoms with Crippen molar-refractivity contribution in [2.24, 2.45) is 0 Å². The van der Waals surface area contributed by atoms with E-state index in [0.717, 1.165) is 49.1 Å². The van der Waals surface area contributed by atoms with Gasteiger partial charge >= 0.3 is 0 Å². The zero-order chi connectivity index (χ0) is 13.1. The van der Waals surface area contributed by atoms with Gasteiger partial charge in [0.2, 0.25) is 0 Å². The highest BCUT2D eigenvalue weighted by molar-refractivity contribution is 5.61. The fourth-order valence-electron chi connectivity index (χ4n) is 2.19. The first-order chi connectivity index (χ1) is 9.33. The van der Waals surface area contributed by atoms with Crippen molar-refractivity contribution in [1.29, 1.82) is 0 Å². The second-order valence-electron chi connectivity index (χ2n) is 4.52. The summed E-state index contributed by atoms with van der Waals surface area (Å²) in [6.07, 6.45) is 5.07. The quantitative estimate of drug-likeness (QED) is 0.851. The van der Waals surface area contributed by atoms with Crippen LogP contribution >= 0.6 is 0 Å². The van der Waals surface area contributed by atoms with E-state index < -0.39 is 0 Å². The lowest BCUT2D eigenvalue weighted by atomic mass is 10.2. The van der Waals surface area contributed by atoms with Crippen LogP contribution in [0.15, 0.2) is 24.8 Å². The van der Waals surface area contributed by atoms with Gasteiger partial charge in [-0.25, -0.2) is 19.9 Å². The van der Waals surface area contributed by atoms with Crippen LogP contribution in [0.4, 0.5) is 5.82 Å². The van der Waals surface area contributed by atoms with E-state index in [4.69, 9.17) is 0 Å². The second-order valence-corrected chi connectivity index (χ2v) is 4.52. The number of aryl methyl sites for hydroxylation is 1. The van der Waals surface area contributed by atoms with E-state index in [-0.39, 0.29) is 0 Å². The number of hydrogen-bond donors (Lipinski definition) is 1. The normalized spacial score (nSPS) is 15.5. The molecule has 0 saturated carbocycles. The smallest absolute Gasteiger partial charge is 0.132 e. The number of hydrogen-bond acceptors (Lipinski definition) is 6. The zero-order valence-electron chi connectivity index (χ0n) is 10.9. The predicted molar refractivity (Wildman–Crippen MR) is 72.9 cm³/mol. The van der Waals surface area contributed by atoms with Crippen molar-refractivity contribution in [1.82, 2.24) is 25.3 Å². The Kier molecular flexibility index (Phi) is 3.33. The van der Waals surface area contributed by atoms with Gasteiger partial charge in [-0.3, -0.25) is 0 Å². The highest BCUT2D eigenvalue weighted by atomic mass is 15.2. The molecule has 0 amide bonds. The van der Waals surface area contributed by atoms with Crippen LogP contribution in [0.3, 0.4) is 0 Å². The molecule has 2 aromatic rings. The molecule has 0 aliphatic carbocycles. The Bertz CT molecular complexity index is 550. The van der Waals surface area contributed by atoms with Gasteiger partial charge < -0.3 is 10.2 Å². The number of nitrogens with zero attached hydrogens (tertiary/aromatic N) is 5. The average molecular weight is 256 g/mol. The lowest BCUT2D eigenvalue weighted by Gasteiger charge is -2.28. The first-order valence-corrected chi connectivity index (χ1v) is 6.40. The molecule has 98 valence electrons. The molecule has 1 N–H and O–H groups in total. The molecule has 0 bridgehead atoms. The molecule has 0 spiro atoms. The predicted octanol–water partition coefficient (Wildman–Crippen LogP) is 0.652. The van der Waals surface area contributed by atoms with Crippen molar-refractivity contribution in [3.05, 3.63) is 30.6 Å². The molecule has 1 fully saturated rings. The van der Waals surface area contributed by atoms with E-state index in [0.29, 0.717) is 0 Å². The summed E-state index contributed by atoms with van der Waals surface area (Å²) < 4.78 is 0. The molecule has 19 heavy (non-hydrogen) atoms. The molecule has 2 aromatic heterocycles. The van der Waals surface area contributed by atoms with Gasteiger partial charge in [0.1, 0.15) is 18.0 Å². The molecule has 6 heteroatoms. The second kappa shape index (κ2) is 5.27. The minimum Gasteiger partial charge on any atom is -0.354 e. The third kappa shape index (κ3) is 2.68. The summed E-state index contributed by atoms with van der Waals surface area (Å²) in [7, 11) is 0. The van der Waals surface area contributed by atoms with Gasteiger partial charge in [0.15, 0.2) is 0 Å². The van der Waals surface area contributed by atoms with E-state index in [2.05, 4.69) is 30.2 Å². The summed E-state index contributed by atoms with van der Waals surface area (Å²) in [5.74, 6) is 1.75. The Hall–Kier alpha value is -2.08. The van der Waals surface area contributed by atoms with Gasteiger partial charge in [-0.15, -0.1) is 0 Å². The third-order valence-corrected chi connectivity index (χ3v) is 3.12. The number of piperazine rings is 1. The lowest BCUT2D eigenvalue weighted by molar-refractivity contribution is 0.584. The SMILES string of the molecule is Cc1nc(-c2cncnc2)cc(N2CCNCC2)n1. The summed E-state index contributed by atoms with van der Waals surface area (Å²) in [5.41, 5.74) is 1.80. The van der Waals surface area contributed by atoms with E-state index in [1.165, 1.54) is 6.33 Å². The standard InChI is InChI=1S/C13H16N6/c1-10-17-12(11-7-15-9-16-8-11)6-13(18-10)19-4-2-14-3-5-19/h6-9,14H,2-5H2,1H3. The summed E-state index contributed by atoms with van der Waals surface area (Å²) in [6.45, 7) is 5.85. The average Bonchev–Trinajstić information content (AvgIpc) is 2.48. The van der Waals surface area contributed by atoms with Gasteiger partial charge in [-0.05, 0) is 6.92 Å². The van der Waals surface area contributed by atoms with Gasteiger partial charge in [0.25, 0.3) is 0 Å². The Morgan fingerprint density at radius 2 is 1.84 bits per heavy atom. The molecular weight excluding hydrogens is 240 g/mol. The van der Waals surface area contributed by atoms with Crippen LogP contribution in [0, 0.1) is 6.92 Å². The molecule has 0 unspecified atom stereocenters. The molecule has 0 radical (unpaired) electrons. The van der Waals surface area contributed by atoms with Crippen LogP contribution in [-0.2, 0) is 0 Å². The van der Waals surface area contributed by atoms with E-state index in [1.807, 2.05) is 13.0 Å². The summed E-state index contributed by atoms with van der Waals surface area (Å²) in [6, 6.07) is 2.01. The third-order valence-electron chi connectivity index (χ3n) is 3.12. The Morgan fingerprint density at radius 1 is 1.11 bits per heavy atom. The Labute approximate surface area is 111 Å². The minimum atomic E-state index is 0.773. The van der Waals surface area contributed by atoms with Crippen molar-refractivity contribution in [3.63, 3.8) is 0 Å². The van der Waals surface area contributed by atoms with Crippen LogP contribution < -0.4 is 10.2 Å². The maximum absolute atomic E-state index is 4.53. The fraction of sp³-hybridized carbons (Fsp3) is 0.385. The molecule has 1 aliphatic rings. The van der Waals surface area contributed by atoms with Crippen LogP contribution in [0.25, 0.3) is 11.3 Å². The first kappa shape index (κ1) is 12.0. The monoisotopic (exact) mass is 256 g/mol. The van der Waals surface area contributed by atoms with Gasteiger partial charge in [-0.1, -0.05) is 0 Å². The van der Waals surface area contributed by atoms with Crippen LogP contribution in [-0.4, -0.2) is 46.1 Å². The van der Waals surface area contributed by atoms with Gasteiger partial charge in [0, 0.05) is 50.2 Å². The number of rotatable bonds is 2. The van der Waals surface area contributed by atoms with E-state index in [9.17, 15) is 0 Å². The fourth-order valence-corrected chi connectivity index (χ4v) is 2.19. The molecule has 6 nitrogen and oxygen atoms in total. The lowest BCUT2D eigenvalue weighted by Crippen LogP contribution is -2.44. The van der Waals surface area contributed by atoms with Crippen molar-refractivity contribution in [3.8, 4) is 11.3 Å². The highest BCUT2D eigenvalue weighted by Crippen LogP contribution is 2.20. The Morgan fingerprint density at radius 3 is 2.58 bits per heavy atom. The molecular formula is C13H16N6. The van der Waals surface area contributed by atoms with Gasteiger partial charge in [0.05, 0.1) is 5.69 Å². The topological polar surface area (TPSA) is 66.8 Å². The molecule has 0 atom stereocenters. The minimum absolute atomic E-state index is 0.773. The van der Waals surface area contributed by atoms with Crippen molar-refractivity contribution in [2.75, 3.05) is 31.1 Å². The molecule has 3 rings (SSSR count). The maximum atomic E-state index is 4.53. The van der Waals surface area contributed by atoms with Gasteiger partial charge in [-0.2, -0.15) is 0 Å². The molecule has 1 saturated heterocycles. The van der Waals surface area contributed by atoms with Crippen molar-refractivity contribution in [2.45, 2.75) is 6.92 Å². The summed E-state index contributed by atoms with van der Waals surface area (Å²) in [5, 5.41) is 3.34. The van der Waals surface area contributed by atoms with Crippen molar-refractivity contribution < 1.29 is 0 Å². The number of nitrogens with one attached hydrogen (secondary N) is 1. The summed E-state index contributed by atoms with van der Waals surface area (Å²) in [4.78, 5) is 19.3. The molecule has 3 heterocycles. The van der Waals surface area contributed by atoms with Crippen molar-refractivity contribution >= 4 is 5.82 Å². The maximum Gasteiger partial charge on any atom is 0.132 e. The first-order valence-electron chi connectivity index (χ1n) is 6.40. The number of aromatic nitrogens is 4. The largest absolute Gasteiger partial charge is 0.354 e. The highest BCUT2D eigenvalue weighted by Gasteiger charge is 2.14. The van der Waals surface area contributed by atoms with Crippen LogP contribution in [0.5, 0.6) is 0 Å². The Balaban J connectivity index is 1.96. The summed E-state index contributed by atoms with van der Waals surface area (Å²) >= 11 is 0. The molecule has 1 aliphatic heterocycles. The van der Waals surface area contributed by atoms with E-state index >= 15 is 0 Å². The van der Waals surface area contributed by atoms with Crippen LogP contribution in [0.1, 0.15) is 5.82 Å². The zero-order valence-corrected chi connectivity index (χ0v) is 10.9. The molecule has 0 aromatic carbocycles. The van der Waals surface area contributed by atoms with Crippen LogP contribution in [0.2, 0.25) is 0 Å². The van der Waals surface area contributed by atoms with E-state index in [1.54, 1.807) is 12.4 Å².